The van der Waals surface area contributed by atoms with Gasteiger partial charge in [-0.1, -0.05) is 0 Å². The number of hydrogen-bond acceptors (Lipinski definition) is 6. The summed E-state index contributed by atoms with van der Waals surface area (Å²) in [7, 11) is -3.60. The van der Waals surface area contributed by atoms with Crippen LogP contribution in [0.1, 0.15) is 12.8 Å². The van der Waals surface area contributed by atoms with Gasteiger partial charge in [0.2, 0.25) is 10.0 Å². The number of piperidine rings is 1. The van der Waals surface area contributed by atoms with E-state index in [2.05, 4.69) is 15.0 Å². The molecule has 3 heterocycles. The van der Waals surface area contributed by atoms with Crippen LogP contribution in [0.2, 0.25) is 0 Å². The van der Waals surface area contributed by atoms with Crippen LogP contribution >= 0.6 is 0 Å². The van der Waals surface area contributed by atoms with Crippen molar-refractivity contribution in [3.05, 3.63) is 42.7 Å². The summed E-state index contributed by atoms with van der Waals surface area (Å²) in [6.07, 6.45) is 5.83. The number of aromatic nitrogens is 3. The minimum atomic E-state index is -3.60. The molecule has 1 atom stereocenters. The van der Waals surface area contributed by atoms with Gasteiger partial charge in [-0.2, -0.15) is 4.31 Å². The summed E-state index contributed by atoms with van der Waals surface area (Å²) in [5, 5.41) is 0. The molecule has 0 spiro atoms. The largest absolute Gasteiger partial charge is 0.459 e. The number of rotatable bonds is 4. The normalized spacial score (nSPS) is 19.4. The molecule has 0 amide bonds. The van der Waals surface area contributed by atoms with Gasteiger partial charge >= 0.3 is 6.01 Å². The van der Waals surface area contributed by atoms with Gasteiger partial charge in [0.1, 0.15) is 11.0 Å². The number of nitrogens with zero attached hydrogens (tertiary/aromatic N) is 4. The predicted octanol–water partition coefficient (Wildman–Crippen LogP) is 1.24. The van der Waals surface area contributed by atoms with Gasteiger partial charge in [0.25, 0.3) is 0 Å². The quantitative estimate of drug-likeness (QED) is 0.834. The average molecular weight is 338 g/mol. The summed E-state index contributed by atoms with van der Waals surface area (Å²) in [6.45, 7) is 0.610. The zero-order chi connectivity index (χ0) is 16.3. The van der Waals surface area contributed by atoms with Gasteiger partial charge < -0.3 is 4.74 Å². The van der Waals surface area contributed by atoms with Crippen molar-refractivity contribution in [2.24, 2.45) is 0 Å². The van der Waals surface area contributed by atoms with E-state index < -0.39 is 15.8 Å². The highest BCUT2D eigenvalue weighted by Crippen LogP contribution is 2.22. The molecule has 0 unspecified atom stereocenters. The molecule has 9 heteroatoms. The molecule has 1 aliphatic heterocycles. The molecule has 1 saturated heterocycles. The van der Waals surface area contributed by atoms with Gasteiger partial charge in [-0.15, -0.1) is 0 Å². The lowest BCUT2D eigenvalue weighted by molar-refractivity contribution is 0.119. The van der Waals surface area contributed by atoms with E-state index in [0.29, 0.717) is 19.4 Å². The zero-order valence-corrected chi connectivity index (χ0v) is 13.0. The third-order valence-corrected chi connectivity index (χ3v) is 5.33. The highest BCUT2D eigenvalue weighted by molar-refractivity contribution is 7.89. The molecule has 0 aliphatic carbocycles. The van der Waals surface area contributed by atoms with Gasteiger partial charge in [0.15, 0.2) is 5.82 Å². The Morgan fingerprint density at radius 2 is 2.04 bits per heavy atom. The Bertz CT molecular complexity index is 755. The van der Waals surface area contributed by atoms with Gasteiger partial charge in [-0.25, -0.2) is 22.8 Å². The van der Waals surface area contributed by atoms with E-state index in [0.717, 1.165) is 12.4 Å². The summed E-state index contributed by atoms with van der Waals surface area (Å²) in [4.78, 5) is 11.5. The van der Waals surface area contributed by atoms with E-state index in [1.165, 1.54) is 22.8 Å². The molecule has 2 aromatic rings. The molecular weight excluding hydrogens is 323 g/mol. The van der Waals surface area contributed by atoms with Crippen LogP contribution in [-0.4, -0.2) is 46.9 Å². The van der Waals surface area contributed by atoms with Crippen LogP contribution in [0, 0.1) is 5.82 Å². The van der Waals surface area contributed by atoms with Crippen molar-refractivity contribution in [2.45, 2.75) is 23.8 Å². The van der Waals surface area contributed by atoms with E-state index >= 15 is 0 Å². The Morgan fingerprint density at radius 3 is 2.74 bits per heavy atom. The second-order valence-electron chi connectivity index (χ2n) is 5.12. The molecule has 3 rings (SSSR count). The molecule has 0 radical (unpaired) electrons. The van der Waals surface area contributed by atoms with Gasteiger partial charge in [-0.05, 0) is 25.0 Å². The highest BCUT2D eigenvalue weighted by atomic mass is 32.2. The summed E-state index contributed by atoms with van der Waals surface area (Å²) in [5.41, 5.74) is 0. The first-order valence-electron chi connectivity index (χ1n) is 7.10. The smallest absolute Gasteiger partial charge is 0.316 e. The second-order valence-corrected chi connectivity index (χ2v) is 7.06. The molecular formula is C14H15FN4O3S. The monoisotopic (exact) mass is 338 g/mol. The van der Waals surface area contributed by atoms with Crippen molar-refractivity contribution >= 4 is 10.0 Å². The predicted molar refractivity (Wildman–Crippen MR) is 78.6 cm³/mol. The van der Waals surface area contributed by atoms with Crippen LogP contribution in [-0.2, 0) is 10.0 Å². The Hall–Kier alpha value is -2.13. The maximum Gasteiger partial charge on any atom is 0.316 e. The van der Waals surface area contributed by atoms with E-state index in [1.54, 1.807) is 6.07 Å². The van der Waals surface area contributed by atoms with E-state index in [-0.39, 0.29) is 23.6 Å². The first kappa shape index (κ1) is 15.8. The average Bonchev–Trinajstić information content (AvgIpc) is 2.58. The first-order valence-corrected chi connectivity index (χ1v) is 8.54. The molecule has 0 N–H and O–H groups in total. The molecule has 23 heavy (non-hydrogen) atoms. The number of halogens is 1. The molecule has 122 valence electrons. The SMILES string of the molecule is O=S(=O)(c1cccnc1)N1CCC[C@@H](Oc2ncc(F)cn2)C1. The third kappa shape index (κ3) is 3.62. The van der Waals surface area contributed by atoms with E-state index in [1.807, 2.05) is 0 Å². The molecule has 1 fully saturated rings. The molecule has 2 aromatic heterocycles. The fourth-order valence-electron chi connectivity index (χ4n) is 2.38. The fourth-order valence-corrected chi connectivity index (χ4v) is 3.85. The number of hydrogen-bond donors (Lipinski definition) is 0. The maximum absolute atomic E-state index is 12.8. The highest BCUT2D eigenvalue weighted by Gasteiger charge is 2.31. The summed E-state index contributed by atoms with van der Waals surface area (Å²) < 4.78 is 44.9. The van der Waals surface area contributed by atoms with Crippen molar-refractivity contribution < 1.29 is 17.5 Å². The molecule has 7 nitrogen and oxygen atoms in total. The summed E-state index contributed by atoms with van der Waals surface area (Å²) >= 11 is 0. The van der Waals surface area contributed by atoms with E-state index in [4.69, 9.17) is 4.74 Å². The lowest BCUT2D eigenvalue weighted by Gasteiger charge is -2.31. The topological polar surface area (TPSA) is 85.3 Å². The standard InChI is InChI=1S/C14H15FN4O3S/c15-11-7-17-14(18-8-11)22-12-3-2-6-19(10-12)23(20,21)13-4-1-5-16-9-13/h1,4-5,7-9,12H,2-3,6,10H2/t12-/m1/s1. The maximum atomic E-state index is 12.8. The molecule has 1 aliphatic rings. The number of ether oxygens (including phenoxy) is 1. The summed E-state index contributed by atoms with van der Waals surface area (Å²) in [6, 6.07) is 3.13. The van der Waals surface area contributed by atoms with Crippen LogP contribution in [0.3, 0.4) is 0 Å². The van der Waals surface area contributed by atoms with Crippen LogP contribution in [0.25, 0.3) is 0 Å². The summed E-state index contributed by atoms with van der Waals surface area (Å²) in [5.74, 6) is -0.554. The van der Waals surface area contributed by atoms with Crippen LogP contribution in [0.15, 0.2) is 41.8 Å². The number of pyridine rings is 1. The lowest BCUT2D eigenvalue weighted by atomic mass is 10.1. The molecule has 0 bridgehead atoms. The van der Waals surface area contributed by atoms with Crippen LogP contribution in [0.4, 0.5) is 4.39 Å². The molecule has 0 aromatic carbocycles. The Balaban J connectivity index is 1.72. The van der Waals surface area contributed by atoms with Crippen molar-refractivity contribution in [2.75, 3.05) is 13.1 Å². The Kier molecular flexibility index (Phi) is 4.49. The van der Waals surface area contributed by atoms with Gasteiger partial charge in [-0.3, -0.25) is 4.98 Å². The van der Waals surface area contributed by atoms with Crippen molar-refractivity contribution in [3.8, 4) is 6.01 Å². The second kappa shape index (κ2) is 6.55. The minimum Gasteiger partial charge on any atom is -0.459 e. The zero-order valence-electron chi connectivity index (χ0n) is 12.2. The first-order chi connectivity index (χ1) is 11.1. The Labute approximate surface area is 133 Å². The number of sulfonamides is 1. The van der Waals surface area contributed by atoms with Crippen LogP contribution < -0.4 is 4.74 Å². The van der Waals surface area contributed by atoms with Gasteiger partial charge in [0.05, 0.1) is 18.9 Å². The minimum absolute atomic E-state index is 0.0389. The molecule has 0 saturated carbocycles. The van der Waals surface area contributed by atoms with Crippen molar-refractivity contribution in [1.82, 2.24) is 19.3 Å². The lowest BCUT2D eigenvalue weighted by Crippen LogP contribution is -2.44. The fraction of sp³-hybridized carbons (Fsp3) is 0.357. The van der Waals surface area contributed by atoms with Gasteiger partial charge in [0, 0.05) is 18.9 Å². The van der Waals surface area contributed by atoms with Crippen molar-refractivity contribution in [3.63, 3.8) is 0 Å². The Morgan fingerprint density at radius 1 is 1.26 bits per heavy atom. The van der Waals surface area contributed by atoms with E-state index in [9.17, 15) is 12.8 Å². The van der Waals surface area contributed by atoms with Crippen molar-refractivity contribution in [1.29, 1.82) is 0 Å². The van der Waals surface area contributed by atoms with Crippen LogP contribution in [0.5, 0.6) is 6.01 Å². The third-order valence-electron chi connectivity index (χ3n) is 3.48.